The molecule has 1 aromatic heterocycles. The normalized spacial score (nSPS) is 30.5. The summed E-state index contributed by atoms with van der Waals surface area (Å²) in [5, 5.41) is 3.82. The molecule has 3 heterocycles. The molecule has 4 nitrogen and oxygen atoms in total. The lowest BCUT2D eigenvalue weighted by Crippen LogP contribution is -2.25. The molecule has 14 heavy (non-hydrogen) atoms. The molecule has 0 spiro atoms. The molecule has 2 aliphatic heterocycles. The van der Waals surface area contributed by atoms with E-state index in [2.05, 4.69) is 21.1 Å². The first kappa shape index (κ1) is 8.17. The van der Waals surface area contributed by atoms with Gasteiger partial charge in [0.15, 0.2) is 5.82 Å². The topological polar surface area (TPSA) is 42.2 Å². The summed E-state index contributed by atoms with van der Waals surface area (Å²) in [6.45, 7) is 5.23. The van der Waals surface area contributed by atoms with Gasteiger partial charge in [0.2, 0.25) is 0 Å². The van der Waals surface area contributed by atoms with E-state index in [1.54, 1.807) is 0 Å². The lowest BCUT2D eigenvalue weighted by molar-refractivity contribution is 0.351. The molecule has 2 atom stereocenters. The van der Waals surface area contributed by atoms with Crippen molar-refractivity contribution in [3.8, 4) is 0 Å². The third-order valence-electron chi connectivity index (χ3n) is 2.94. The van der Waals surface area contributed by atoms with Gasteiger partial charge in [-0.25, -0.2) is 0 Å². The molecule has 4 heteroatoms. The summed E-state index contributed by atoms with van der Waals surface area (Å²) in [6.07, 6.45) is 3.58. The smallest absolute Gasteiger partial charge is 0.254 e. The molecule has 0 saturated carbocycles. The largest absolute Gasteiger partial charge is 0.334 e. The molecule has 1 aromatic rings. The first-order valence-corrected chi connectivity index (χ1v) is 5.05. The maximum Gasteiger partial charge on any atom is 0.254 e. The number of aryl methyl sites for hydroxylation is 1. The summed E-state index contributed by atoms with van der Waals surface area (Å²) in [7, 11) is 0. The number of aromatic nitrogens is 2. The molecule has 0 aromatic carbocycles. The SMILES string of the molecule is Cc1noc(C2=CC3CCN(C2)C3)n1. The Morgan fingerprint density at radius 1 is 1.57 bits per heavy atom. The highest BCUT2D eigenvalue weighted by Crippen LogP contribution is 2.29. The fraction of sp³-hybridized carbons (Fsp3) is 0.600. The van der Waals surface area contributed by atoms with Crippen LogP contribution in [0, 0.1) is 12.8 Å². The van der Waals surface area contributed by atoms with Gasteiger partial charge in [-0.3, -0.25) is 4.90 Å². The standard InChI is InChI=1S/C10H13N3O/c1-7-11-10(14-12-7)9-4-8-2-3-13(5-8)6-9/h4,8H,2-3,5-6H2,1H3. The Morgan fingerprint density at radius 2 is 2.50 bits per heavy atom. The van der Waals surface area contributed by atoms with Crippen molar-refractivity contribution in [2.24, 2.45) is 5.92 Å². The molecule has 0 aliphatic carbocycles. The van der Waals surface area contributed by atoms with Crippen molar-refractivity contribution in [1.29, 1.82) is 0 Å². The highest BCUT2D eigenvalue weighted by atomic mass is 16.5. The molecule has 0 amide bonds. The number of fused-ring (bicyclic) bond motifs is 2. The molecule has 2 unspecified atom stereocenters. The van der Waals surface area contributed by atoms with E-state index in [-0.39, 0.29) is 0 Å². The van der Waals surface area contributed by atoms with E-state index in [1.165, 1.54) is 25.1 Å². The Morgan fingerprint density at radius 3 is 3.21 bits per heavy atom. The second-order valence-electron chi connectivity index (χ2n) is 4.12. The molecular formula is C10H13N3O. The van der Waals surface area contributed by atoms with Gasteiger partial charge in [0.05, 0.1) is 0 Å². The van der Waals surface area contributed by atoms with Gasteiger partial charge in [-0.1, -0.05) is 11.2 Å². The van der Waals surface area contributed by atoms with Crippen LogP contribution < -0.4 is 0 Å². The molecule has 3 rings (SSSR count). The quantitative estimate of drug-likeness (QED) is 0.666. The Labute approximate surface area is 82.6 Å². The van der Waals surface area contributed by atoms with Gasteiger partial charge in [0.25, 0.3) is 5.89 Å². The minimum atomic E-state index is 0.700. The summed E-state index contributed by atoms with van der Waals surface area (Å²) in [6, 6.07) is 0. The molecule has 2 bridgehead atoms. The average molecular weight is 191 g/mol. The maximum absolute atomic E-state index is 5.17. The molecule has 2 aliphatic rings. The van der Waals surface area contributed by atoms with Crippen molar-refractivity contribution >= 4 is 5.57 Å². The average Bonchev–Trinajstić information content (AvgIpc) is 2.73. The van der Waals surface area contributed by atoms with Gasteiger partial charge in [-0.2, -0.15) is 4.98 Å². The van der Waals surface area contributed by atoms with E-state index >= 15 is 0 Å². The van der Waals surface area contributed by atoms with Crippen molar-refractivity contribution in [3.05, 3.63) is 17.8 Å². The van der Waals surface area contributed by atoms with Crippen LogP contribution in [0.15, 0.2) is 10.6 Å². The Balaban J connectivity index is 1.92. The zero-order valence-electron chi connectivity index (χ0n) is 8.23. The fourth-order valence-electron chi connectivity index (χ4n) is 2.29. The van der Waals surface area contributed by atoms with Crippen LogP contribution in [-0.2, 0) is 0 Å². The van der Waals surface area contributed by atoms with Crippen molar-refractivity contribution in [1.82, 2.24) is 15.0 Å². The monoisotopic (exact) mass is 191 g/mol. The highest BCUT2D eigenvalue weighted by molar-refractivity contribution is 5.61. The van der Waals surface area contributed by atoms with Crippen LogP contribution in [-0.4, -0.2) is 34.7 Å². The molecule has 1 fully saturated rings. The van der Waals surface area contributed by atoms with E-state index < -0.39 is 0 Å². The zero-order valence-corrected chi connectivity index (χ0v) is 8.23. The van der Waals surface area contributed by atoms with Gasteiger partial charge in [-0.05, 0) is 25.8 Å². The van der Waals surface area contributed by atoms with Gasteiger partial charge < -0.3 is 4.52 Å². The van der Waals surface area contributed by atoms with E-state index in [0.29, 0.717) is 17.6 Å². The molecular weight excluding hydrogens is 178 g/mol. The molecule has 0 radical (unpaired) electrons. The second kappa shape index (κ2) is 2.92. The maximum atomic E-state index is 5.17. The zero-order chi connectivity index (χ0) is 9.54. The molecule has 0 N–H and O–H groups in total. The molecule has 74 valence electrons. The predicted octanol–water partition coefficient (Wildman–Crippen LogP) is 1.10. The van der Waals surface area contributed by atoms with Crippen LogP contribution in [0.5, 0.6) is 0 Å². The minimum absolute atomic E-state index is 0.700. The van der Waals surface area contributed by atoms with E-state index in [9.17, 15) is 0 Å². The third kappa shape index (κ3) is 1.26. The molecule has 1 saturated heterocycles. The van der Waals surface area contributed by atoms with E-state index in [1.807, 2.05) is 6.92 Å². The van der Waals surface area contributed by atoms with Crippen LogP contribution >= 0.6 is 0 Å². The minimum Gasteiger partial charge on any atom is -0.334 e. The van der Waals surface area contributed by atoms with Crippen LogP contribution in [0.4, 0.5) is 0 Å². The van der Waals surface area contributed by atoms with Gasteiger partial charge in [-0.15, -0.1) is 0 Å². The van der Waals surface area contributed by atoms with Crippen molar-refractivity contribution in [2.75, 3.05) is 19.6 Å². The highest BCUT2D eigenvalue weighted by Gasteiger charge is 2.28. The third-order valence-corrected chi connectivity index (χ3v) is 2.94. The number of rotatable bonds is 1. The number of hydrogen-bond donors (Lipinski definition) is 0. The van der Waals surface area contributed by atoms with Crippen LogP contribution in [0.3, 0.4) is 0 Å². The van der Waals surface area contributed by atoms with Gasteiger partial charge in [0, 0.05) is 18.7 Å². The van der Waals surface area contributed by atoms with E-state index in [4.69, 9.17) is 4.52 Å². The predicted molar refractivity (Wildman–Crippen MR) is 51.6 cm³/mol. The summed E-state index contributed by atoms with van der Waals surface area (Å²) in [5.74, 6) is 2.12. The Kier molecular flexibility index (Phi) is 1.70. The Hall–Kier alpha value is -1.16. The van der Waals surface area contributed by atoms with Gasteiger partial charge in [0.1, 0.15) is 0 Å². The van der Waals surface area contributed by atoms with Crippen LogP contribution in [0.1, 0.15) is 18.1 Å². The first-order chi connectivity index (χ1) is 6.81. The summed E-state index contributed by atoms with van der Waals surface area (Å²) >= 11 is 0. The first-order valence-electron chi connectivity index (χ1n) is 5.05. The van der Waals surface area contributed by atoms with Gasteiger partial charge >= 0.3 is 0 Å². The van der Waals surface area contributed by atoms with Crippen molar-refractivity contribution in [2.45, 2.75) is 13.3 Å². The Bertz CT molecular complexity index is 382. The van der Waals surface area contributed by atoms with Crippen LogP contribution in [0.25, 0.3) is 5.57 Å². The van der Waals surface area contributed by atoms with Crippen molar-refractivity contribution < 1.29 is 4.52 Å². The summed E-state index contributed by atoms with van der Waals surface area (Å²) in [4.78, 5) is 6.70. The fourth-order valence-corrected chi connectivity index (χ4v) is 2.29. The lowest BCUT2D eigenvalue weighted by atomic mass is 10.0. The summed E-state index contributed by atoms with van der Waals surface area (Å²) in [5.41, 5.74) is 1.21. The number of hydrogen-bond acceptors (Lipinski definition) is 4. The van der Waals surface area contributed by atoms with Crippen molar-refractivity contribution in [3.63, 3.8) is 0 Å². The summed E-state index contributed by atoms with van der Waals surface area (Å²) < 4.78 is 5.17. The number of nitrogens with zero attached hydrogens (tertiary/aromatic N) is 3. The lowest BCUT2D eigenvalue weighted by Gasteiger charge is -2.20. The van der Waals surface area contributed by atoms with Crippen LogP contribution in [0.2, 0.25) is 0 Å². The van der Waals surface area contributed by atoms with E-state index in [0.717, 1.165) is 6.54 Å². The second-order valence-corrected chi connectivity index (χ2v) is 4.12.